The van der Waals surface area contributed by atoms with Crippen LogP contribution in [0.15, 0.2) is 12.1 Å². The molecule has 1 aromatic carbocycles. The second kappa shape index (κ2) is 7.84. The van der Waals surface area contributed by atoms with Crippen LogP contribution in [-0.4, -0.2) is 52.6 Å². The summed E-state index contributed by atoms with van der Waals surface area (Å²) in [5.74, 6) is -0.164. The lowest BCUT2D eigenvalue weighted by atomic mass is 10.1. The minimum atomic E-state index is -0.485. The maximum absolute atomic E-state index is 11.8. The molecule has 8 heteroatoms. The largest absolute Gasteiger partial charge is 0.379 e. The minimum absolute atomic E-state index is 0.178. The van der Waals surface area contributed by atoms with Gasteiger partial charge in [-0.2, -0.15) is 0 Å². The summed E-state index contributed by atoms with van der Waals surface area (Å²) in [6.07, 6.45) is 0.895. The van der Waals surface area contributed by atoms with Gasteiger partial charge in [0.05, 0.1) is 24.2 Å². The third-order valence-corrected chi connectivity index (χ3v) is 4.44. The fourth-order valence-corrected chi connectivity index (χ4v) is 3.31. The van der Waals surface area contributed by atoms with Crippen LogP contribution in [-0.2, 0) is 22.6 Å². The summed E-state index contributed by atoms with van der Waals surface area (Å²) in [7, 11) is 0. The van der Waals surface area contributed by atoms with Crippen LogP contribution in [0.3, 0.4) is 0 Å². The van der Waals surface area contributed by atoms with E-state index in [-0.39, 0.29) is 5.91 Å². The van der Waals surface area contributed by atoms with Crippen LogP contribution in [0, 0.1) is 0 Å². The second-order valence-electron chi connectivity index (χ2n) is 6.52. The summed E-state index contributed by atoms with van der Waals surface area (Å²) in [5, 5.41) is 2.79. The number of aromatic nitrogens is 2. The van der Waals surface area contributed by atoms with Crippen LogP contribution >= 0.6 is 0 Å². The van der Waals surface area contributed by atoms with Gasteiger partial charge in [0.15, 0.2) is 0 Å². The van der Waals surface area contributed by atoms with E-state index in [1.54, 1.807) is 6.07 Å². The van der Waals surface area contributed by atoms with Crippen molar-refractivity contribution in [3.8, 4) is 0 Å². The highest BCUT2D eigenvalue weighted by Crippen LogP contribution is 2.27. The Bertz CT molecular complexity index is 824. The maximum Gasteiger partial charge on any atom is 0.248 e. The number of benzene rings is 1. The van der Waals surface area contributed by atoms with Crippen molar-refractivity contribution in [2.24, 2.45) is 5.73 Å². The van der Waals surface area contributed by atoms with Crippen molar-refractivity contribution in [1.29, 1.82) is 0 Å². The molecule has 1 aliphatic rings. The lowest BCUT2D eigenvalue weighted by Crippen LogP contribution is -2.35. The Morgan fingerprint density at radius 1 is 1.31 bits per heavy atom. The number of amides is 2. The molecule has 3 N–H and O–H groups in total. The van der Waals surface area contributed by atoms with Crippen LogP contribution in [0.4, 0.5) is 5.95 Å². The molecule has 8 nitrogen and oxygen atoms in total. The van der Waals surface area contributed by atoms with Gasteiger partial charge in [0.2, 0.25) is 17.8 Å². The van der Waals surface area contributed by atoms with Gasteiger partial charge < -0.3 is 15.0 Å². The molecule has 2 amide bonds. The van der Waals surface area contributed by atoms with E-state index in [1.165, 1.54) is 6.92 Å². The zero-order valence-electron chi connectivity index (χ0n) is 15.2. The lowest BCUT2D eigenvalue weighted by Gasteiger charge is -2.27. The fourth-order valence-electron chi connectivity index (χ4n) is 3.31. The summed E-state index contributed by atoms with van der Waals surface area (Å²) in [5.41, 5.74) is 8.53. The molecule has 0 radical (unpaired) electrons. The number of ether oxygens (including phenoxy) is 1. The molecule has 3 rings (SSSR count). The number of fused-ring (bicyclic) bond motifs is 1. The van der Waals surface area contributed by atoms with E-state index >= 15 is 0 Å². The first-order chi connectivity index (χ1) is 12.5. The van der Waals surface area contributed by atoms with Crippen LogP contribution in [0.25, 0.3) is 11.0 Å². The molecular formula is C18H25N5O3. The van der Waals surface area contributed by atoms with E-state index in [1.807, 2.05) is 10.6 Å². The van der Waals surface area contributed by atoms with E-state index in [4.69, 9.17) is 10.5 Å². The van der Waals surface area contributed by atoms with Crippen molar-refractivity contribution in [2.45, 2.75) is 33.4 Å². The van der Waals surface area contributed by atoms with Gasteiger partial charge in [-0.3, -0.25) is 19.8 Å². The van der Waals surface area contributed by atoms with Gasteiger partial charge in [0.25, 0.3) is 0 Å². The number of rotatable bonds is 6. The molecule has 0 spiro atoms. The van der Waals surface area contributed by atoms with Crippen molar-refractivity contribution >= 4 is 28.8 Å². The predicted octanol–water partition coefficient (Wildman–Crippen LogP) is 1.34. The topological polar surface area (TPSA) is 102 Å². The molecule has 26 heavy (non-hydrogen) atoms. The number of carbonyl (C=O) groups is 2. The molecule has 0 saturated carbocycles. The highest BCUT2D eigenvalue weighted by molar-refractivity contribution is 5.98. The Labute approximate surface area is 152 Å². The van der Waals surface area contributed by atoms with E-state index < -0.39 is 5.91 Å². The van der Waals surface area contributed by atoms with Gasteiger partial charge in [-0.05, 0) is 24.1 Å². The summed E-state index contributed by atoms with van der Waals surface area (Å²) >= 11 is 0. The Kier molecular flexibility index (Phi) is 5.53. The molecule has 2 aromatic rings. The summed E-state index contributed by atoms with van der Waals surface area (Å²) < 4.78 is 7.43. The highest BCUT2D eigenvalue weighted by atomic mass is 16.5. The number of morpholine rings is 1. The number of hydrogen-bond donors (Lipinski definition) is 2. The van der Waals surface area contributed by atoms with Crippen LogP contribution in [0.5, 0.6) is 0 Å². The zero-order chi connectivity index (χ0) is 18.7. The van der Waals surface area contributed by atoms with Gasteiger partial charge >= 0.3 is 0 Å². The molecule has 140 valence electrons. The molecule has 0 atom stereocenters. The monoisotopic (exact) mass is 359 g/mol. The normalized spacial score (nSPS) is 15.3. The number of carbonyl (C=O) groups excluding carboxylic acids is 2. The first kappa shape index (κ1) is 18.3. The SMILES string of the molecule is CCCn1c(NC(C)=O)nc2cc(C(N)=O)cc(CN3CCOCC3)c21. The van der Waals surface area contributed by atoms with Gasteiger partial charge in [-0.1, -0.05) is 6.92 Å². The van der Waals surface area contributed by atoms with Crippen LogP contribution in [0.2, 0.25) is 0 Å². The predicted molar refractivity (Wildman–Crippen MR) is 98.9 cm³/mol. The van der Waals surface area contributed by atoms with Crippen molar-refractivity contribution in [3.63, 3.8) is 0 Å². The van der Waals surface area contributed by atoms with Crippen LogP contribution < -0.4 is 11.1 Å². The number of nitrogens with two attached hydrogens (primary N) is 1. The maximum atomic E-state index is 11.8. The quantitative estimate of drug-likeness (QED) is 0.810. The van der Waals surface area contributed by atoms with E-state index in [0.29, 0.717) is 36.8 Å². The van der Waals surface area contributed by atoms with Crippen molar-refractivity contribution < 1.29 is 14.3 Å². The fraction of sp³-hybridized carbons (Fsp3) is 0.500. The average molecular weight is 359 g/mol. The number of aryl methyl sites for hydroxylation is 1. The van der Waals surface area contributed by atoms with Crippen molar-refractivity contribution in [3.05, 3.63) is 23.3 Å². The average Bonchev–Trinajstić information content (AvgIpc) is 2.93. The van der Waals surface area contributed by atoms with Gasteiger partial charge in [-0.15, -0.1) is 0 Å². The molecule has 1 saturated heterocycles. The molecule has 1 aliphatic heterocycles. The van der Waals surface area contributed by atoms with Crippen LogP contribution in [0.1, 0.15) is 36.2 Å². The van der Waals surface area contributed by atoms with Gasteiger partial charge in [0, 0.05) is 38.7 Å². The van der Waals surface area contributed by atoms with Crippen molar-refractivity contribution in [2.75, 3.05) is 31.6 Å². The summed E-state index contributed by atoms with van der Waals surface area (Å²) in [4.78, 5) is 30.2. The molecule has 0 bridgehead atoms. The molecule has 0 aliphatic carbocycles. The number of nitrogens with one attached hydrogen (secondary N) is 1. The number of nitrogens with zero attached hydrogens (tertiary/aromatic N) is 3. The molecule has 2 heterocycles. The smallest absolute Gasteiger partial charge is 0.248 e. The number of primary amides is 1. The molecule has 1 aromatic heterocycles. The minimum Gasteiger partial charge on any atom is -0.379 e. The first-order valence-electron chi connectivity index (χ1n) is 8.90. The van der Waals surface area contributed by atoms with Gasteiger partial charge in [0.1, 0.15) is 0 Å². The summed E-state index contributed by atoms with van der Waals surface area (Å²) in [6, 6.07) is 3.53. The third-order valence-electron chi connectivity index (χ3n) is 4.44. The third kappa shape index (κ3) is 3.86. The van der Waals surface area contributed by atoms with Gasteiger partial charge in [-0.25, -0.2) is 4.98 Å². The number of anilines is 1. The first-order valence-corrected chi connectivity index (χ1v) is 8.90. The summed E-state index contributed by atoms with van der Waals surface area (Å²) in [6.45, 7) is 8.00. The highest BCUT2D eigenvalue weighted by Gasteiger charge is 2.20. The van der Waals surface area contributed by atoms with E-state index in [0.717, 1.165) is 37.1 Å². The van der Waals surface area contributed by atoms with E-state index in [9.17, 15) is 9.59 Å². The Morgan fingerprint density at radius 2 is 2.04 bits per heavy atom. The molecule has 1 fully saturated rings. The molecular weight excluding hydrogens is 334 g/mol. The number of hydrogen-bond acceptors (Lipinski definition) is 5. The number of imidazole rings is 1. The van der Waals surface area contributed by atoms with E-state index in [2.05, 4.69) is 22.1 Å². The lowest BCUT2D eigenvalue weighted by molar-refractivity contribution is -0.114. The Morgan fingerprint density at radius 3 is 2.65 bits per heavy atom. The Hall–Kier alpha value is -2.45. The second-order valence-corrected chi connectivity index (χ2v) is 6.52. The Balaban J connectivity index is 2.12. The molecule has 0 unspecified atom stereocenters. The van der Waals surface area contributed by atoms with Crippen molar-refractivity contribution in [1.82, 2.24) is 14.5 Å². The zero-order valence-corrected chi connectivity index (χ0v) is 15.2. The standard InChI is InChI=1S/C18H25N5O3/c1-3-4-23-16-14(11-22-5-7-26-8-6-22)9-13(17(19)25)10-15(16)21-18(23)20-12(2)24/h9-10H,3-8,11H2,1-2H3,(H2,19,25)(H,20,21,24).